The third-order valence-corrected chi connectivity index (χ3v) is 10.4. The van der Waals surface area contributed by atoms with Gasteiger partial charge in [-0.2, -0.15) is 0 Å². The molecule has 11 nitrogen and oxygen atoms in total. The van der Waals surface area contributed by atoms with Gasteiger partial charge in [0.15, 0.2) is 6.10 Å². The highest BCUT2D eigenvalue weighted by Gasteiger charge is 2.28. The average molecular weight is 802 g/mol. The predicted octanol–water partition coefficient (Wildman–Crippen LogP) is 11.5. The lowest BCUT2D eigenvalue weighted by atomic mass is 10.0. The number of unbranched alkanes of at least 4 members (excludes halogenated alkanes) is 23. The molecular formula is C43H80NO10P. The number of phosphoric ester groups is 1. The van der Waals surface area contributed by atoms with E-state index in [9.17, 15) is 23.8 Å². The minimum absolute atomic E-state index is 0.148. The Kier molecular flexibility index (Phi) is 37.4. The van der Waals surface area contributed by atoms with Crippen LogP contribution in [0.5, 0.6) is 0 Å². The van der Waals surface area contributed by atoms with Crippen molar-refractivity contribution in [1.29, 1.82) is 0 Å². The molecule has 3 atom stereocenters. The maximum Gasteiger partial charge on any atom is 0.472 e. The van der Waals surface area contributed by atoms with Crippen LogP contribution in [0, 0.1) is 0 Å². The number of phosphoric acid groups is 1. The van der Waals surface area contributed by atoms with Gasteiger partial charge in [0.1, 0.15) is 12.6 Å². The molecule has 322 valence electrons. The number of ether oxygens (including phenoxy) is 2. The third-order valence-electron chi connectivity index (χ3n) is 9.45. The first-order chi connectivity index (χ1) is 26.6. The molecule has 12 heteroatoms. The molecule has 0 aromatic heterocycles. The molecule has 0 aliphatic rings. The number of hydrogen-bond donors (Lipinski definition) is 3. The van der Waals surface area contributed by atoms with Crippen molar-refractivity contribution < 1.29 is 47.5 Å². The Bertz CT molecular complexity index is 1040. The second-order valence-corrected chi connectivity index (χ2v) is 16.3. The predicted molar refractivity (Wildman–Crippen MR) is 222 cm³/mol. The second kappa shape index (κ2) is 38.8. The van der Waals surface area contributed by atoms with Gasteiger partial charge in [-0.05, 0) is 44.9 Å². The number of esters is 2. The monoisotopic (exact) mass is 802 g/mol. The highest BCUT2D eigenvalue weighted by Crippen LogP contribution is 2.43. The quantitative estimate of drug-likeness (QED) is 0.0232. The van der Waals surface area contributed by atoms with Crippen LogP contribution in [0.4, 0.5) is 0 Å². The molecule has 55 heavy (non-hydrogen) atoms. The molecule has 0 aliphatic carbocycles. The molecule has 0 heterocycles. The number of carbonyl (C=O) groups is 3. The van der Waals surface area contributed by atoms with Gasteiger partial charge in [0, 0.05) is 12.8 Å². The summed E-state index contributed by atoms with van der Waals surface area (Å²) in [5.74, 6) is -2.39. The lowest BCUT2D eigenvalue weighted by Gasteiger charge is -2.20. The topological polar surface area (TPSA) is 172 Å². The number of carboxylic acid groups (broad SMARTS) is 1. The van der Waals surface area contributed by atoms with Gasteiger partial charge in [0.05, 0.1) is 13.2 Å². The van der Waals surface area contributed by atoms with Crippen molar-refractivity contribution in [3.63, 3.8) is 0 Å². The third kappa shape index (κ3) is 38.6. The van der Waals surface area contributed by atoms with Crippen molar-refractivity contribution in [2.75, 3.05) is 19.8 Å². The molecule has 0 spiro atoms. The van der Waals surface area contributed by atoms with Gasteiger partial charge >= 0.3 is 25.7 Å². The smallest absolute Gasteiger partial charge is 0.472 e. The largest absolute Gasteiger partial charge is 0.480 e. The zero-order valence-corrected chi connectivity index (χ0v) is 35.7. The van der Waals surface area contributed by atoms with Crippen LogP contribution >= 0.6 is 7.82 Å². The van der Waals surface area contributed by atoms with E-state index in [1.54, 1.807) is 0 Å². The van der Waals surface area contributed by atoms with Crippen LogP contribution in [-0.4, -0.2) is 59.9 Å². The van der Waals surface area contributed by atoms with E-state index in [0.717, 1.165) is 64.2 Å². The van der Waals surface area contributed by atoms with Gasteiger partial charge in [-0.25, -0.2) is 4.57 Å². The molecule has 1 unspecified atom stereocenters. The molecular weight excluding hydrogens is 721 g/mol. The Balaban J connectivity index is 4.36. The van der Waals surface area contributed by atoms with Gasteiger partial charge in [0.2, 0.25) is 0 Å². The fourth-order valence-electron chi connectivity index (χ4n) is 5.98. The summed E-state index contributed by atoms with van der Waals surface area (Å²) >= 11 is 0. The molecule has 0 radical (unpaired) electrons. The first-order valence-corrected chi connectivity index (χ1v) is 23.4. The van der Waals surface area contributed by atoms with Crippen LogP contribution in [0.2, 0.25) is 0 Å². The van der Waals surface area contributed by atoms with E-state index < -0.39 is 51.1 Å². The van der Waals surface area contributed by atoms with Crippen LogP contribution < -0.4 is 5.73 Å². The minimum Gasteiger partial charge on any atom is -0.480 e. The number of carbonyl (C=O) groups excluding carboxylic acids is 2. The molecule has 4 N–H and O–H groups in total. The van der Waals surface area contributed by atoms with Crippen LogP contribution in [0.25, 0.3) is 0 Å². The maximum absolute atomic E-state index is 12.6. The van der Waals surface area contributed by atoms with Crippen LogP contribution in [0.15, 0.2) is 24.3 Å². The van der Waals surface area contributed by atoms with Gasteiger partial charge in [0.25, 0.3) is 0 Å². The molecule has 0 fully saturated rings. The van der Waals surface area contributed by atoms with Crippen LogP contribution in [0.1, 0.15) is 200 Å². The van der Waals surface area contributed by atoms with Gasteiger partial charge in [-0.3, -0.25) is 23.4 Å². The van der Waals surface area contributed by atoms with Crippen LogP contribution in [0.3, 0.4) is 0 Å². The van der Waals surface area contributed by atoms with Crippen molar-refractivity contribution >= 4 is 25.7 Å². The fourth-order valence-corrected chi connectivity index (χ4v) is 6.76. The molecule has 0 saturated heterocycles. The summed E-state index contributed by atoms with van der Waals surface area (Å²) in [6.07, 6.45) is 39.5. The lowest BCUT2D eigenvalue weighted by molar-refractivity contribution is -0.161. The van der Waals surface area contributed by atoms with Gasteiger partial charge in [-0.1, -0.05) is 167 Å². The first-order valence-electron chi connectivity index (χ1n) is 21.9. The summed E-state index contributed by atoms with van der Waals surface area (Å²) < 4.78 is 32.7. The fraction of sp³-hybridized carbons (Fsp3) is 0.837. The number of rotatable bonds is 41. The van der Waals surface area contributed by atoms with Gasteiger partial charge < -0.3 is 25.2 Å². The summed E-state index contributed by atoms with van der Waals surface area (Å²) in [4.78, 5) is 45.9. The van der Waals surface area contributed by atoms with Gasteiger partial charge in [-0.15, -0.1) is 0 Å². The molecule has 0 bridgehead atoms. The summed E-state index contributed by atoms with van der Waals surface area (Å²) in [5, 5.41) is 8.88. The highest BCUT2D eigenvalue weighted by atomic mass is 31.2. The van der Waals surface area contributed by atoms with E-state index in [1.165, 1.54) is 96.3 Å². The number of hydrogen-bond acceptors (Lipinski definition) is 9. The summed E-state index contributed by atoms with van der Waals surface area (Å²) in [5.41, 5.74) is 5.33. The van der Waals surface area contributed by atoms with E-state index >= 15 is 0 Å². The zero-order chi connectivity index (χ0) is 40.7. The molecule has 0 aromatic rings. The molecule has 0 saturated carbocycles. The first kappa shape index (κ1) is 53.0. The normalized spacial score (nSPS) is 14.0. The molecule has 0 aliphatic heterocycles. The number of allylic oxidation sites excluding steroid dienone is 4. The van der Waals surface area contributed by atoms with Crippen LogP contribution in [-0.2, 0) is 37.5 Å². The second-order valence-electron chi connectivity index (χ2n) is 14.8. The standard InChI is InChI=1S/C43H80NO10P/c1-3-5-7-9-11-13-15-17-19-21-22-24-26-28-30-32-34-41(45)51-36-39(37-52-55(49,50)53-38-40(44)43(47)48)54-42(46)35-33-31-29-27-25-23-20-18-16-14-12-10-8-6-4-2/h12,14,18,20,39-40H,3-11,13,15-17,19,21-38,44H2,1-2H3,(H,47,48)(H,49,50)/b14-12-,20-18-/t39-,40+/m1/s1. The van der Waals surface area contributed by atoms with Crippen molar-refractivity contribution in [2.24, 2.45) is 5.73 Å². The SMILES string of the molecule is CCCCC/C=C\C/C=C\CCCCCCCC(=O)O[C@H](COC(=O)CCCCCCCCCCCCCCCCCC)COP(=O)(O)OC[C@H](N)C(=O)O. The minimum atomic E-state index is -4.71. The van der Waals surface area contributed by atoms with E-state index in [-0.39, 0.29) is 19.4 Å². The number of aliphatic carboxylic acids is 1. The molecule has 0 amide bonds. The van der Waals surface area contributed by atoms with Crippen molar-refractivity contribution in [3.8, 4) is 0 Å². The summed E-state index contributed by atoms with van der Waals surface area (Å²) in [6.45, 7) is 2.78. The highest BCUT2D eigenvalue weighted by molar-refractivity contribution is 7.47. The Hall–Kier alpha value is -2.04. The Morgan fingerprint density at radius 1 is 0.564 bits per heavy atom. The van der Waals surface area contributed by atoms with E-state index in [1.807, 2.05) is 0 Å². The number of carboxylic acids is 1. The van der Waals surface area contributed by atoms with Crippen molar-refractivity contribution in [1.82, 2.24) is 0 Å². The molecule has 0 aromatic carbocycles. The lowest BCUT2D eigenvalue weighted by Crippen LogP contribution is -2.34. The van der Waals surface area contributed by atoms with E-state index in [4.69, 9.17) is 24.8 Å². The Morgan fingerprint density at radius 3 is 1.45 bits per heavy atom. The Morgan fingerprint density at radius 2 is 0.964 bits per heavy atom. The summed E-state index contributed by atoms with van der Waals surface area (Å²) in [7, 11) is -4.71. The average Bonchev–Trinajstić information content (AvgIpc) is 3.16. The maximum atomic E-state index is 12.6. The van der Waals surface area contributed by atoms with E-state index in [2.05, 4.69) is 42.7 Å². The van der Waals surface area contributed by atoms with E-state index in [0.29, 0.717) is 12.8 Å². The Labute approximate surface area is 334 Å². The van der Waals surface area contributed by atoms with Crippen molar-refractivity contribution in [3.05, 3.63) is 24.3 Å². The zero-order valence-electron chi connectivity index (χ0n) is 34.8. The van der Waals surface area contributed by atoms with Crippen molar-refractivity contribution in [2.45, 2.75) is 212 Å². The molecule has 0 rings (SSSR count). The summed E-state index contributed by atoms with van der Waals surface area (Å²) in [6, 6.07) is -1.52. The number of nitrogens with two attached hydrogens (primary N) is 1.